The van der Waals surface area contributed by atoms with Gasteiger partial charge in [-0.05, 0) is 56.2 Å². The molecule has 0 radical (unpaired) electrons. The van der Waals surface area contributed by atoms with E-state index in [0.717, 1.165) is 32.6 Å². The van der Waals surface area contributed by atoms with Crippen LogP contribution in [0.1, 0.15) is 22.5 Å². The first kappa shape index (κ1) is 21.8. The van der Waals surface area contributed by atoms with E-state index in [0.29, 0.717) is 22.6 Å². The predicted octanol–water partition coefficient (Wildman–Crippen LogP) is 4.60. The van der Waals surface area contributed by atoms with Crippen LogP contribution in [0.5, 0.6) is 0 Å². The molecule has 8 heteroatoms. The van der Waals surface area contributed by atoms with Gasteiger partial charge in [-0.25, -0.2) is 9.07 Å². The van der Waals surface area contributed by atoms with Gasteiger partial charge in [0.15, 0.2) is 0 Å². The largest absolute Gasteiger partial charge is 0.343 e. The van der Waals surface area contributed by atoms with E-state index in [1.165, 1.54) is 12.1 Å². The second kappa shape index (κ2) is 8.59. The molecular formula is C24H22ClFN4O2. The SMILES string of the molecule is Cc1ccc(Cl)cc1NC(=O)Cn1ncc2c(C)n(Cc3ccc(F)cc3)c(C)c2c1=O. The lowest BCUT2D eigenvalue weighted by molar-refractivity contribution is -0.117. The van der Waals surface area contributed by atoms with Gasteiger partial charge in [-0.15, -0.1) is 0 Å². The van der Waals surface area contributed by atoms with E-state index in [-0.39, 0.29) is 23.8 Å². The van der Waals surface area contributed by atoms with Crippen molar-refractivity contribution in [1.82, 2.24) is 14.3 Å². The number of amides is 1. The van der Waals surface area contributed by atoms with Crippen molar-refractivity contribution in [3.05, 3.63) is 92.4 Å². The van der Waals surface area contributed by atoms with Crippen LogP contribution in [0, 0.1) is 26.6 Å². The van der Waals surface area contributed by atoms with Crippen molar-refractivity contribution >= 4 is 34.0 Å². The molecule has 1 N–H and O–H groups in total. The molecule has 0 saturated carbocycles. The Morgan fingerprint density at radius 1 is 1.09 bits per heavy atom. The third-order valence-corrected chi connectivity index (χ3v) is 5.86. The average Bonchev–Trinajstić information content (AvgIpc) is 2.99. The number of nitrogens with zero attached hydrogens (tertiary/aromatic N) is 3. The average molecular weight is 453 g/mol. The molecule has 1 amide bonds. The van der Waals surface area contributed by atoms with Crippen LogP contribution >= 0.6 is 11.6 Å². The highest BCUT2D eigenvalue weighted by Gasteiger charge is 2.18. The Hall–Kier alpha value is -3.45. The molecule has 0 atom stereocenters. The number of fused-ring (bicyclic) bond motifs is 1. The molecule has 6 nitrogen and oxygen atoms in total. The first-order valence-electron chi connectivity index (χ1n) is 10.1. The smallest absolute Gasteiger partial charge is 0.276 e. The standard InChI is InChI=1S/C24H22ClFN4O2/c1-14-4-7-18(25)10-21(14)28-22(31)13-30-24(32)23-16(3)29(15(2)20(23)11-27-30)12-17-5-8-19(26)9-6-17/h4-11H,12-13H2,1-3H3,(H,28,31). The molecule has 0 aliphatic heterocycles. The second-order valence-electron chi connectivity index (χ2n) is 7.79. The molecule has 32 heavy (non-hydrogen) atoms. The number of rotatable bonds is 5. The van der Waals surface area contributed by atoms with Crippen molar-refractivity contribution in [3.8, 4) is 0 Å². The highest BCUT2D eigenvalue weighted by Crippen LogP contribution is 2.23. The van der Waals surface area contributed by atoms with Crippen LogP contribution in [-0.4, -0.2) is 20.3 Å². The molecule has 0 saturated heterocycles. The summed E-state index contributed by atoms with van der Waals surface area (Å²) in [6.45, 7) is 5.92. The van der Waals surface area contributed by atoms with Crippen molar-refractivity contribution in [2.75, 3.05) is 5.32 Å². The van der Waals surface area contributed by atoms with Gasteiger partial charge in [0.2, 0.25) is 5.91 Å². The predicted molar refractivity (Wildman–Crippen MR) is 124 cm³/mol. The normalized spacial score (nSPS) is 11.2. The van der Waals surface area contributed by atoms with E-state index >= 15 is 0 Å². The monoisotopic (exact) mass is 452 g/mol. The third kappa shape index (κ3) is 4.16. The maximum Gasteiger partial charge on any atom is 0.276 e. The van der Waals surface area contributed by atoms with Crippen LogP contribution in [0.3, 0.4) is 0 Å². The van der Waals surface area contributed by atoms with Crippen LogP contribution in [0.15, 0.2) is 53.5 Å². The molecule has 2 heterocycles. The molecule has 2 aromatic carbocycles. The number of aryl methyl sites for hydroxylation is 3. The fraction of sp³-hybridized carbons (Fsp3) is 0.208. The minimum atomic E-state index is -0.371. The number of carbonyl (C=O) groups excluding carboxylic acids is 1. The highest BCUT2D eigenvalue weighted by atomic mass is 35.5. The number of nitrogens with one attached hydrogen (secondary N) is 1. The summed E-state index contributed by atoms with van der Waals surface area (Å²) in [7, 11) is 0. The Morgan fingerprint density at radius 3 is 2.53 bits per heavy atom. The Bertz CT molecular complexity index is 1390. The topological polar surface area (TPSA) is 68.9 Å². The van der Waals surface area contributed by atoms with Crippen molar-refractivity contribution < 1.29 is 9.18 Å². The molecule has 4 rings (SSSR count). The van der Waals surface area contributed by atoms with Crippen molar-refractivity contribution in [2.45, 2.75) is 33.9 Å². The van der Waals surface area contributed by atoms with Crippen molar-refractivity contribution in [2.24, 2.45) is 0 Å². The number of hydrogen-bond donors (Lipinski definition) is 1. The van der Waals surface area contributed by atoms with E-state index in [1.54, 1.807) is 30.5 Å². The molecule has 164 valence electrons. The second-order valence-corrected chi connectivity index (χ2v) is 8.22. The zero-order valence-electron chi connectivity index (χ0n) is 17.9. The third-order valence-electron chi connectivity index (χ3n) is 5.63. The maximum absolute atomic E-state index is 13.2. The minimum absolute atomic E-state index is 0.220. The Balaban J connectivity index is 1.64. The fourth-order valence-electron chi connectivity index (χ4n) is 3.82. The Kier molecular flexibility index (Phi) is 5.84. The summed E-state index contributed by atoms with van der Waals surface area (Å²) in [5.74, 6) is -0.664. The van der Waals surface area contributed by atoms with E-state index < -0.39 is 0 Å². The summed E-state index contributed by atoms with van der Waals surface area (Å²) >= 11 is 6.01. The number of aromatic nitrogens is 3. The molecule has 0 unspecified atom stereocenters. The van der Waals surface area contributed by atoms with Gasteiger partial charge in [0.05, 0.1) is 11.6 Å². The number of carbonyl (C=O) groups is 1. The fourth-order valence-corrected chi connectivity index (χ4v) is 3.99. The van der Waals surface area contributed by atoms with Gasteiger partial charge in [-0.2, -0.15) is 5.10 Å². The van der Waals surface area contributed by atoms with E-state index in [4.69, 9.17) is 11.6 Å². The Morgan fingerprint density at radius 2 is 1.81 bits per heavy atom. The summed E-state index contributed by atoms with van der Waals surface area (Å²) in [6.07, 6.45) is 1.61. The van der Waals surface area contributed by atoms with E-state index in [9.17, 15) is 14.0 Å². The van der Waals surface area contributed by atoms with Crippen LogP contribution < -0.4 is 10.9 Å². The summed E-state index contributed by atoms with van der Waals surface area (Å²) in [6, 6.07) is 11.5. The summed E-state index contributed by atoms with van der Waals surface area (Å²) in [5, 5.41) is 8.76. The summed E-state index contributed by atoms with van der Waals surface area (Å²) in [5.41, 5.74) is 3.70. The van der Waals surface area contributed by atoms with Crippen LogP contribution in [0.4, 0.5) is 10.1 Å². The lowest BCUT2D eigenvalue weighted by atomic mass is 10.2. The minimum Gasteiger partial charge on any atom is -0.343 e. The van der Waals surface area contributed by atoms with Crippen molar-refractivity contribution in [3.63, 3.8) is 0 Å². The molecule has 4 aromatic rings. The molecule has 0 spiro atoms. The molecule has 0 bridgehead atoms. The Labute approximate surface area is 189 Å². The van der Waals surface area contributed by atoms with Crippen LogP contribution in [0.25, 0.3) is 10.8 Å². The van der Waals surface area contributed by atoms with Crippen LogP contribution in [0.2, 0.25) is 5.02 Å². The van der Waals surface area contributed by atoms with Gasteiger partial charge in [-0.3, -0.25) is 9.59 Å². The van der Waals surface area contributed by atoms with Gasteiger partial charge in [0.1, 0.15) is 12.4 Å². The number of benzene rings is 2. The molecule has 2 aromatic heterocycles. The van der Waals surface area contributed by atoms with E-state index in [1.807, 2.05) is 31.4 Å². The molecule has 0 aliphatic rings. The molecule has 0 fully saturated rings. The maximum atomic E-state index is 13.2. The zero-order chi connectivity index (χ0) is 23.0. The van der Waals surface area contributed by atoms with E-state index in [2.05, 4.69) is 10.4 Å². The molecular weight excluding hydrogens is 431 g/mol. The zero-order valence-corrected chi connectivity index (χ0v) is 18.7. The van der Waals surface area contributed by atoms with Gasteiger partial charge in [0.25, 0.3) is 5.56 Å². The quantitative estimate of drug-likeness (QED) is 0.481. The lowest BCUT2D eigenvalue weighted by Gasteiger charge is -2.10. The number of anilines is 1. The first-order chi connectivity index (χ1) is 15.2. The van der Waals surface area contributed by atoms with Gasteiger partial charge >= 0.3 is 0 Å². The van der Waals surface area contributed by atoms with Crippen LogP contribution in [-0.2, 0) is 17.9 Å². The van der Waals surface area contributed by atoms with Gasteiger partial charge in [-0.1, -0.05) is 29.8 Å². The number of hydrogen-bond acceptors (Lipinski definition) is 3. The lowest BCUT2D eigenvalue weighted by Crippen LogP contribution is -2.29. The first-order valence-corrected chi connectivity index (χ1v) is 10.5. The molecule has 0 aliphatic carbocycles. The highest BCUT2D eigenvalue weighted by molar-refractivity contribution is 6.31. The van der Waals surface area contributed by atoms with Gasteiger partial charge < -0.3 is 9.88 Å². The number of halogens is 2. The van der Waals surface area contributed by atoms with Crippen molar-refractivity contribution in [1.29, 1.82) is 0 Å². The summed E-state index contributed by atoms with van der Waals surface area (Å²) < 4.78 is 16.4. The van der Waals surface area contributed by atoms with Gasteiger partial charge in [0, 0.05) is 34.0 Å². The summed E-state index contributed by atoms with van der Waals surface area (Å²) in [4.78, 5) is 25.7.